The van der Waals surface area contributed by atoms with Crippen molar-refractivity contribution < 1.29 is 14.6 Å². The van der Waals surface area contributed by atoms with Gasteiger partial charge >= 0.3 is 0 Å². The summed E-state index contributed by atoms with van der Waals surface area (Å²) in [5.41, 5.74) is 5.78. The van der Waals surface area contributed by atoms with E-state index in [1.807, 2.05) is 0 Å². The molecule has 1 atom stereocenters. The fourth-order valence-corrected chi connectivity index (χ4v) is 3.51. The number of hydrogen-bond donors (Lipinski definition) is 7. The zero-order valence-electron chi connectivity index (χ0n) is 16.1. The molecule has 0 bridgehead atoms. The topological polar surface area (TPSA) is 180 Å². The van der Waals surface area contributed by atoms with Gasteiger partial charge in [-0.15, -0.1) is 0 Å². The van der Waals surface area contributed by atoms with Crippen LogP contribution < -0.4 is 15.8 Å². The number of carbonyl (C=O) groups is 1. The molecule has 8 N–H and O–H groups in total. The number of nitrogens with two attached hydrogens (primary N) is 1. The van der Waals surface area contributed by atoms with Gasteiger partial charge in [0, 0.05) is 0 Å². The standard InChI is InChI=1S/C18H26N6O3S2/c1-27-12-6-4-5-11(9-12)13(10-25)16(26)24-18(23)29-15(20)8-3-2-7-14(19)28-17(21)22/h4-6,9,13,19-20,25H,2-3,7-8,10H2,1H3,(H3,21,22)(H2,23,24,26). The fraction of sp³-hybridized carbons (Fsp3) is 0.389. The molecule has 0 aliphatic heterocycles. The summed E-state index contributed by atoms with van der Waals surface area (Å²) >= 11 is 1.76. The zero-order valence-corrected chi connectivity index (χ0v) is 17.7. The predicted molar refractivity (Wildman–Crippen MR) is 120 cm³/mol. The highest BCUT2D eigenvalue weighted by atomic mass is 32.2. The van der Waals surface area contributed by atoms with E-state index < -0.39 is 18.4 Å². The minimum Gasteiger partial charge on any atom is -0.497 e. The second kappa shape index (κ2) is 13.0. The molecule has 1 amide bonds. The third-order valence-electron chi connectivity index (χ3n) is 3.75. The van der Waals surface area contributed by atoms with E-state index in [1.54, 1.807) is 24.3 Å². The lowest BCUT2D eigenvalue weighted by atomic mass is 9.99. The number of benzene rings is 1. The van der Waals surface area contributed by atoms with Gasteiger partial charge in [-0.3, -0.25) is 26.4 Å². The van der Waals surface area contributed by atoms with Crippen LogP contribution in [0, 0.1) is 21.6 Å². The second-order valence-corrected chi connectivity index (χ2v) is 8.19. The van der Waals surface area contributed by atoms with Crippen molar-refractivity contribution in [3.8, 4) is 5.75 Å². The first-order valence-electron chi connectivity index (χ1n) is 8.75. The zero-order chi connectivity index (χ0) is 21.8. The van der Waals surface area contributed by atoms with Gasteiger partial charge in [0.25, 0.3) is 0 Å². The van der Waals surface area contributed by atoms with E-state index in [0.717, 1.165) is 23.5 Å². The number of ether oxygens (including phenoxy) is 1. The fourth-order valence-electron chi connectivity index (χ4n) is 2.35. The maximum absolute atomic E-state index is 12.4. The third kappa shape index (κ3) is 9.59. The van der Waals surface area contributed by atoms with Crippen LogP contribution in [0.15, 0.2) is 24.3 Å². The van der Waals surface area contributed by atoms with Crippen molar-refractivity contribution in [1.29, 1.82) is 21.6 Å². The molecule has 0 radical (unpaired) electrons. The van der Waals surface area contributed by atoms with Crippen LogP contribution in [-0.4, -0.2) is 45.2 Å². The molecule has 11 heteroatoms. The molecular formula is C18H26N6O3S2. The molecular weight excluding hydrogens is 412 g/mol. The van der Waals surface area contributed by atoms with Crippen LogP contribution in [-0.2, 0) is 4.79 Å². The summed E-state index contributed by atoms with van der Waals surface area (Å²) < 4.78 is 5.12. The van der Waals surface area contributed by atoms with Crippen LogP contribution >= 0.6 is 23.5 Å². The number of hydrogen-bond acceptors (Lipinski definition) is 9. The molecule has 0 saturated heterocycles. The monoisotopic (exact) mass is 438 g/mol. The van der Waals surface area contributed by atoms with Crippen molar-refractivity contribution in [1.82, 2.24) is 5.32 Å². The molecule has 0 aromatic heterocycles. The van der Waals surface area contributed by atoms with Gasteiger partial charge in [0.2, 0.25) is 5.91 Å². The third-order valence-corrected chi connectivity index (χ3v) is 5.18. The van der Waals surface area contributed by atoms with Crippen molar-refractivity contribution in [2.75, 3.05) is 13.7 Å². The van der Waals surface area contributed by atoms with Crippen molar-refractivity contribution in [2.45, 2.75) is 31.6 Å². The summed E-state index contributed by atoms with van der Waals surface area (Å²) in [4.78, 5) is 12.4. The first kappa shape index (κ1) is 24.7. The summed E-state index contributed by atoms with van der Waals surface area (Å²) in [6.07, 6.45) is 2.22. The molecule has 1 rings (SSSR count). The van der Waals surface area contributed by atoms with E-state index in [1.165, 1.54) is 7.11 Å². The Hall–Kier alpha value is -2.37. The largest absolute Gasteiger partial charge is 0.497 e. The number of methoxy groups -OCH3 is 1. The van der Waals surface area contributed by atoms with E-state index in [2.05, 4.69) is 5.32 Å². The van der Waals surface area contributed by atoms with Crippen LogP contribution in [0.4, 0.5) is 0 Å². The van der Waals surface area contributed by atoms with Crippen molar-refractivity contribution in [3.05, 3.63) is 29.8 Å². The number of unbranched alkanes of at least 4 members (excludes halogenated alkanes) is 1. The molecule has 0 aliphatic rings. The van der Waals surface area contributed by atoms with Gasteiger partial charge in [-0.2, -0.15) is 0 Å². The molecule has 0 saturated carbocycles. The van der Waals surface area contributed by atoms with Crippen LogP contribution in [0.1, 0.15) is 37.2 Å². The van der Waals surface area contributed by atoms with Crippen molar-refractivity contribution in [2.24, 2.45) is 5.73 Å². The quantitative estimate of drug-likeness (QED) is 0.177. The summed E-state index contributed by atoms with van der Waals surface area (Å²) in [5, 5.41) is 42.8. The number of aliphatic hydroxyl groups excluding tert-OH is 1. The summed E-state index contributed by atoms with van der Waals surface area (Å²) in [6.45, 7) is -0.418. The molecule has 0 heterocycles. The Balaban J connectivity index is 2.43. The Labute approximate surface area is 178 Å². The number of aliphatic hydroxyl groups is 1. The van der Waals surface area contributed by atoms with E-state index in [0.29, 0.717) is 42.0 Å². The summed E-state index contributed by atoms with van der Waals surface area (Å²) in [5.74, 6) is -0.805. The molecule has 1 aromatic rings. The van der Waals surface area contributed by atoms with Crippen LogP contribution in [0.5, 0.6) is 5.75 Å². The van der Waals surface area contributed by atoms with Gasteiger partial charge in [0.1, 0.15) is 5.75 Å². The smallest absolute Gasteiger partial charge is 0.235 e. The van der Waals surface area contributed by atoms with E-state index >= 15 is 0 Å². The molecule has 1 aromatic carbocycles. The molecule has 29 heavy (non-hydrogen) atoms. The Morgan fingerprint density at radius 3 is 2.34 bits per heavy atom. The average molecular weight is 439 g/mol. The minimum absolute atomic E-state index is 0.113. The number of thioether (sulfide) groups is 2. The number of carbonyl (C=O) groups excluding carboxylic acids is 1. The lowest BCUT2D eigenvalue weighted by Crippen LogP contribution is -2.34. The molecule has 1 unspecified atom stereocenters. The first-order valence-corrected chi connectivity index (χ1v) is 10.4. The Morgan fingerprint density at radius 2 is 1.79 bits per heavy atom. The van der Waals surface area contributed by atoms with Crippen molar-refractivity contribution >= 4 is 49.9 Å². The van der Waals surface area contributed by atoms with Gasteiger partial charge in [-0.05, 0) is 66.9 Å². The number of rotatable bonds is 9. The Morgan fingerprint density at radius 1 is 1.17 bits per heavy atom. The maximum atomic E-state index is 12.4. The number of amidine groups is 2. The second-order valence-electron chi connectivity index (χ2n) is 5.95. The van der Waals surface area contributed by atoms with Gasteiger partial charge in [-0.1, -0.05) is 12.1 Å². The predicted octanol–water partition coefficient (Wildman–Crippen LogP) is 2.70. The molecule has 158 valence electrons. The lowest BCUT2D eigenvalue weighted by molar-refractivity contribution is -0.121. The van der Waals surface area contributed by atoms with Gasteiger partial charge in [0.05, 0.1) is 29.7 Å². The average Bonchev–Trinajstić information content (AvgIpc) is 2.65. The molecule has 0 fully saturated rings. The van der Waals surface area contributed by atoms with Crippen LogP contribution in [0.25, 0.3) is 0 Å². The first-order chi connectivity index (χ1) is 13.8. The highest BCUT2D eigenvalue weighted by molar-refractivity contribution is 8.26. The van der Waals surface area contributed by atoms with Crippen LogP contribution in [0.2, 0.25) is 0 Å². The summed E-state index contributed by atoms with van der Waals surface area (Å²) in [7, 11) is 1.51. The van der Waals surface area contributed by atoms with Gasteiger partial charge in [0.15, 0.2) is 10.3 Å². The normalized spacial score (nSPS) is 11.4. The minimum atomic E-state index is -0.843. The Kier molecular flexibility index (Phi) is 11.0. The highest BCUT2D eigenvalue weighted by Crippen LogP contribution is 2.21. The van der Waals surface area contributed by atoms with E-state index in [-0.39, 0.29) is 15.4 Å². The molecule has 0 aliphatic carbocycles. The van der Waals surface area contributed by atoms with Crippen molar-refractivity contribution in [3.63, 3.8) is 0 Å². The molecule has 0 spiro atoms. The highest BCUT2D eigenvalue weighted by Gasteiger charge is 2.21. The van der Waals surface area contributed by atoms with Gasteiger partial charge < -0.3 is 20.9 Å². The number of nitrogens with one attached hydrogen (secondary N) is 5. The molecule has 9 nitrogen and oxygen atoms in total. The van der Waals surface area contributed by atoms with E-state index in [9.17, 15) is 9.90 Å². The number of amides is 1. The lowest BCUT2D eigenvalue weighted by Gasteiger charge is -2.16. The summed E-state index contributed by atoms with van der Waals surface area (Å²) in [6, 6.07) is 6.80. The SMILES string of the molecule is COc1cccc(C(CO)C(=O)NC(=N)SC(=N)CCCCC(=N)SC(=N)N)c1. The van der Waals surface area contributed by atoms with Crippen LogP contribution in [0.3, 0.4) is 0 Å². The Bertz CT molecular complexity index is 772. The van der Waals surface area contributed by atoms with Gasteiger partial charge in [-0.25, -0.2) is 0 Å². The van der Waals surface area contributed by atoms with E-state index in [4.69, 9.17) is 32.1 Å². The maximum Gasteiger partial charge on any atom is 0.235 e.